The van der Waals surface area contributed by atoms with Crippen molar-refractivity contribution in [2.24, 2.45) is 5.73 Å². The van der Waals surface area contributed by atoms with Crippen LogP contribution < -0.4 is 5.73 Å². The second-order valence-electron chi connectivity index (χ2n) is 7.80. The van der Waals surface area contributed by atoms with Gasteiger partial charge in [-0.25, -0.2) is 4.39 Å². The van der Waals surface area contributed by atoms with Gasteiger partial charge in [0.05, 0.1) is 23.1 Å². The Morgan fingerprint density at radius 3 is 2.52 bits per heavy atom. The summed E-state index contributed by atoms with van der Waals surface area (Å²) in [5, 5.41) is 1.16. The van der Waals surface area contributed by atoms with Gasteiger partial charge in [-0.2, -0.15) is 13.2 Å². The average Bonchev–Trinajstić information content (AvgIpc) is 3.01. The van der Waals surface area contributed by atoms with E-state index < -0.39 is 23.5 Å². The van der Waals surface area contributed by atoms with Crippen molar-refractivity contribution in [1.29, 1.82) is 0 Å². The number of amides is 1. The molecule has 31 heavy (non-hydrogen) atoms. The fraction of sp³-hybridized carbons (Fsp3) is 0.208. The number of benzene rings is 3. The number of carbonyl (C=O) groups is 1. The highest BCUT2D eigenvalue weighted by Crippen LogP contribution is 2.35. The van der Waals surface area contributed by atoms with Crippen LogP contribution in [0.4, 0.5) is 17.6 Å². The Balaban J connectivity index is 2.02. The summed E-state index contributed by atoms with van der Waals surface area (Å²) < 4.78 is 55.8. The third kappa shape index (κ3) is 3.65. The molecule has 0 aliphatic carbocycles. The molecule has 7 heteroatoms. The molecular weight excluding hydrogens is 408 g/mol. The van der Waals surface area contributed by atoms with Gasteiger partial charge in [-0.1, -0.05) is 26.0 Å². The molecule has 3 aromatic carbocycles. The summed E-state index contributed by atoms with van der Waals surface area (Å²) in [4.78, 5) is 12.0. The Bertz CT molecular complexity index is 1320. The van der Waals surface area contributed by atoms with Crippen LogP contribution in [-0.2, 0) is 12.7 Å². The van der Waals surface area contributed by atoms with E-state index in [1.165, 1.54) is 0 Å². The lowest BCUT2D eigenvalue weighted by Crippen LogP contribution is -2.11. The van der Waals surface area contributed by atoms with Crippen molar-refractivity contribution < 1.29 is 22.4 Å². The normalized spacial score (nSPS) is 12.2. The molecule has 0 bridgehead atoms. The Labute approximate surface area is 176 Å². The Morgan fingerprint density at radius 2 is 1.87 bits per heavy atom. The van der Waals surface area contributed by atoms with Crippen molar-refractivity contribution in [3.05, 3.63) is 82.7 Å². The predicted octanol–water partition coefficient (Wildman–Crippen LogP) is 6.02. The van der Waals surface area contributed by atoms with Crippen LogP contribution in [0.15, 0.2) is 48.5 Å². The summed E-state index contributed by atoms with van der Waals surface area (Å²) in [7, 11) is 0. The van der Waals surface area contributed by atoms with E-state index in [4.69, 9.17) is 5.73 Å². The van der Waals surface area contributed by atoms with Crippen molar-refractivity contribution in [2.75, 3.05) is 0 Å². The monoisotopic (exact) mass is 427 g/mol. The Kier molecular flexibility index (Phi) is 5.00. The molecule has 1 heterocycles. The van der Waals surface area contributed by atoms with Crippen molar-refractivity contribution in [3.8, 4) is 0 Å². The molecule has 0 fully saturated rings. The molecule has 0 unspecified atom stereocenters. The van der Waals surface area contributed by atoms with Gasteiger partial charge in [0.15, 0.2) is 0 Å². The SMILES string of the molecule is CC(C)c1c[c]c2c3c(C(N)=O)cccc3n(Cc3cc(C(F)(F)F)ccc3F)c2c1. The van der Waals surface area contributed by atoms with Gasteiger partial charge in [0.1, 0.15) is 5.82 Å². The summed E-state index contributed by atoms with van der Waals surface area (Å²) in [6, 6.07) is 14.2. The molecule has 0 spiro atoms. The maximum atomic E-state index is 14.5. The van der Waals surface area contributed by atoms with Gasteiger partial charge in [-0.15, -0.1) is 0 Å². The van der Waals surface area contributed by atoms with E-state index in [9.17, 15) is 22.4 Å². The van der Waals surface area contributed by atoms with E-state index in [0.29, 0.717) is 21.8 Å². The number of halogens is 4. The van der Waals surface area contributed by atoms with Crippen LogP contribution in [0.5, 0.6) is 0 Å². The first-order chi connectivity index (χ1) is 14.6. The molecule has 3 nitrogen and oxygen atoms in total. The Hall–Kier alpha value is -3.35. The van der Waals surface area contributed by atoms with Crippen molar-refractivity contribution in [2.45, 2.75) is 32.5 Å². The minimum Gasteiger partial charge on any atom is -0.366 e. The number of nitrogens with two attached hydrogens (primary N) is 1. The minimum absolute atomic E-state index is 0.104. The summed E-state index contributed by atoms with van der Waals surface area (Å²) in [5.74, 6) is -1.19. The molecule has 1 amide bonds. The quantitative estimate of drug-likeness (QED) is 0.398. The number of primary amides is 1. The number of aromatic nitrogens is 1. The summed E-state index contributed by atoms with van der Waals surface area (Å²) in [6.45, 7) is 3.86. The summed E-state index contributed by atoms with van der Waals surface area (Å²) >= 11 is 0. The smallest absolute Gasteiger partial charge is 0.366 e. The molecule has 1 radical (unpaired) electrons. The van der Waals surface area contributed by atoms with Gasteiger partial charge in [0, 0.05) is 21.9 Å². The van der Waals surface area contributed by atoms with E-state index in [0.717, 1.165) is 23.8 Å². The topological polar surface area (TPSA) is 48.0 Å². The van der Waals surface area contributed by atoms with E-state index in [1.54, 1.807) is 22.8 Å². The zero-order valence-electron chi connectivity index (χ0n) is 16.8. The van der Waals surface area contributed by atoms with E-state index in [-0.39, 0.29) is 23.6 Å². The van der Waals surface area contributed by atoms with Crippen LogP contribution in [-0.4, -0.2) is 10.5 Å². The first-order valence-electron chi connectivity index (χ1n) is 9.70. The fourth-order valence-corrected chi connectivity index (χ4v) is 3.82. The zero-order valence-corrected chi connectivity index (χ0v) is 16.8. The molecule has 1 aromatic heterocycles. The zero-order chi connectivity index (χ0) is 22.5. The van der Waals surface area contributed by atoms with Crippen molar-refractivity contribution in [1.82, 2.24) is 4.57 Å². The van der Waals surface area contributed by atoms with Crippen LogP contribution in [0, 0.1) is 11.9 Å². The van der Waals surface area contributed by atoms with E-state index >= 15 is 0 Å². The maximum Gasteiger partial charge on any atom is 0.416 e. The number of nitrogens with zero attached hydrogens (tertiary/aromatic N) is 1. The first kappa shape index (κ1) is 20.9. The molecule has 0 saturated heterocycles. The van der Waals surface area contributed by atoms with Crippen LogP contribution in [0.25, 0.3) is 21.8 Å². The third-order valence-corrected chi connectivity index (χ3v) is 5.45. The van der Waals surface area contributed by atoms with Crippen molar-refractivity contribution in [3.63, 3.8) is 0 Å². The largest absolute Gasteiger partial charge is 0.416 e. The van der Waals surface area contributed by atoms with Gasteiger partial charge < -0.3 is 10.3 Å². The molecule has 0 saturated carbocycles. The molecule has 159 valence electrons. The first-order valence-corrected chi connectivity index (χ1v) is 9.70. The minimum atomic E-state index is -4.58. The Morgan fingerprint density at radius 1 is 1.13 bits per heavy atom. The van der Waals surface area contributed by atoms with Crippen molar-refractivity contribution >= 4 is 27.7 Å². The highest BCUT2D eigenvalue weighted by molar-refractivity contribution is 6.17. The number of fused-ring (bicyclic) bond motifs is 3. The van der Waals surface area contributed by atoms with Crippen LogP contribution >= 0.6 is 0 Å². The third-order valence-electron chi connectivity index (χ3n) is 5.45. The van der Waals surface area contributed by atoms with Crippen LogP contribution in [0.1, 0.15) is 46.8 Å². The maximum absolute atomic E-state index is 14.5. The molecule has 0 atom stereocenters. The van der Waals surface area contributed by atoms with E-state index in [2.05, 4.69) is 6.07 Å². The molecule has 0 aliphatic rings. The highest BCUT2D eigenvalue weighted by atomic mass is 19.4. The molecular formula is C24H19F4N2O. The standard InChI is InChI=1S/C24H19F4N2O/c1-13(2)14-6-8-17-21(11-14)30(20-5-3-4-18(22(17)20)23(29)31)12-15-10-16(24(26,27)28)7-9-19(15)25/h3-7,9-11,13H,12H2,1-2H3,(H2,29,31). The average molecular weight is 427 g/mol. The van der Waals surface area contributed by atoms with Gasteiger partial charge >= 0.3 is 6.18 Å². The second kappa shape index (κ2) is 7.41. The number of hydrogen-bond donors (Lipinski definition) is 1. The molecule has 0 aliphatic heterocycles. The van der Waals surface area contributed by atoms with Crippen LogP contribution in [0.2, 0.25) is 0 Å². The lowest BCUT2D eigenvalue weighted by molar-refractivity contribution is -0.137. The fourth-order valence-electron chi connectivity index (χ4n) is 3.82. The number of carbonyl (C=O) groups excluding carboxylic acids is 1. The van der Waals surface area contributed by atoms with Crippen LogP contribution in [0.3, 0.4) is 0 Å². The summed E-state index contributed by atoms with van der Waals surface area (Å²) in [6.07, 6.45) is -4.58. The van der Waals surface area contributed by atoms with Gasteiger partial charge in [0.25, 0.3) is 0 Å². The number of alkyl halides is 3. The number of hydrogen-bond acceptors (Lipinski definition) is 1. The predicted molar refractivity (Wildman–Crippen MR) is 111 cm³/mol. The second-order valence-corrected chi connectivity index (χ2v) is 7.80. The van der Waals surface area contributed by atoms with E-state index in [1.807, 2.05) is 26.0 Å². The molecule has 4 rings (SSSR count). The summed E-state index contributed by atoms with van der Waals surface area (Å²) in [5.41, 5.74) is 6.98. The number of rotatable bonds is 4. The van der Waals surface area contributed by atoms with Gasteiger partial charge in [-0.05, 0) is 53.9 Å². The molecule has 4 aromatic rings. The lowest BCUT2D eigenvalue weighted by atomic mass is 10.00. The molecule has 2 N–H and O–H groups in total. The van der Waals surface area contributed by atoms with Gasteiger partial charge in [0.2, 0.25) is 5.91 Å². The van der Waals surface area contributed by atoms with Gasteiger partial charge in [-0.3, -0.25) is 4.79 Å². The highest BCUT2D eigenvalue weighted by Gasteiger charge is 2.31. The lowest BCUT2D eigenvalue weighted by Gasteiger charge is -2.13.